The molecule has 4 nitrogen and oxygen atoms in total. The third-order valence-electron chi connectivity index (χ3n) is 1.83. The zero-order valence-corrected chi connectivity index (χ0v) is 8.81. The average Bonchev–Trinajstić information content (AvgIpc) is 2.33. The zero-order valence-electron chi connectivity index (χ0n) is 8.81. The molecule has 0 bridgehead atoms. The first-order chi connectivity index (χ1) is 7.79. The van der Waals surface area contributed by atoms with E-state index in [0.717, 1.165) is 0 Å². The van der Waals surface area contributed by atoms with Crippen molar-refractivity contribution in [1.29, 1.82) is 0 Å². The Morgan fingerprint density at radius 2 is 2.19 bits per heavy atom. The smallest absolute Gasteiger partial charge is 0.255 e. The Labute approximate surface area is 93.9 Å². The Balaban J connectivity index is 2.80. The van der Waals surface area contributed by atoms with Gasteiger partial charge in [0.25, 0.3) is 5.91 Å². The quantitative estimate of drug-likeness (QED) is 0.577. The van der Waals surface area contributed by atoms with Gasteiger partial charge in [0.15, 0.2) is 0 Å². The molecule has 0 radical (unpaired) electrons. The van der Waals surface area contributed by atoms with Gasteiger partial charge in [0, 0.05) is 0 Å². The molecule has 0 saturated heterocycles. The van der Waals surface area contributed by atoms with E-state index < -0.39 is 0 Å². The summed E-state index contributed by atoms with van der Waals surface area (Å²) in [5, 5.41) is 2.45. The van der Waals surface area contributed by atoms with Gasteiger partial charge in [0.2, 0.25) is 0 Å². The highest BCUT2D eigenvalue weighted by Crippen LogP contribution is 2.17. The lowest BCUT2D eigenvalue weighted by molar-refractivity contribution is -0.107. The first-order valence-electron chi connectivity index (χ1n) is 4.84. The average molecular weight is 219 g/mol. The molecule has 84 valence electrons. The molecule has 1 amide bonds. The van der Waals surface area contributed by atoms with E-state index in [4.69, 9.17) is 4.74 Å². The highest BCUT2D eigenvalue weighted by Gasteiger charge is 2.10. The standard InChI is InChI=1S/C12H13NO3/c1-2-9-16-11-6-4-3-5-10(11)12(15)13-7-8-14/h2-6,8H,1,7,9H2,(H,13,15). The van der Waals surface area contributed by atoms with E-state index in [9.17, 15) is 9.59 Å². The van der Waals surface area contributed by atoms with Gasteiger partial charge < -0.3 is 14.8 Å². The summed E-state index contributed by atoms with van der Waals surface area (Å²) in [6.45, 7) is 3.85. The summed E-state index contributed by atoms with van der Waals surface area (Å²) in [7, 11) is 0. The summed E-state index contributed by atoms with van der Waals surface area (Å²) < 4.78 is 5.32. The van der Waals surface area contributed by atoms with E-state index >= 15 is 0 Å². The van der Waals surface area contributed by atoms with Crippen LogP contribution >= 0.6 is 0 Å². The van der Waals surface area contributed by atoms with E-state index in [1.54, 1.807) is 30.3 Å². The molecule has 0 aliphatic rings. The summed E-state index contributed by atoms with van der Waals surface area (Å²) in [4.78, 5) is 21.8. The van der Waals surface area contributed by atoms with Crippen LogP contribution in [0, 0.1) is 0 Å². The maximum Gasteiger partial charge on any atom is 0.255 e. The molecule has 0 unspecified atom stereocenters. The van der Waals surface area contributed by atoms with E-state index in [1.807, 2.05) is 0 Å². The van der Waals surface area contributed by atoms with Crippen LogP contribution in [0.25, 0.3) is 0 Å². The van der Waals surface area contributed by atoms with Crippen molar-refractivity contribution in [3.8, 4) is 5.75 Å². The van der Waals surface area contributed by atoms with Crippen LogP contribution in [-0.2, 0) is 4.79 Å². The number of rotatable bonds is 6. The Kier molecular flexibility index (Phi) is 4.79. The number of hydrogen-bond acceptors (Lipinski definition) is 3. The fourth-order valence-corrected chi connectivity index (χ4v) is 1.16. The summed E-state index contributed by atoms with van der Waals surface area (Å²) in [6.07, 6.45) is 2.23. The number of amides is 1. The minimum absolute atomic E-state index is 0.00533. The second-order valence-electron chi connectivity index (χ2n) is 2.97. The van der Waals surface area contributed by atoms with Gasteiger partial charge in [-0.15, -0.1) is 0 Å². The van der Waals surface area contributed by atoms with Crippen molar-refractivity contribution in [3.05, 3.63) is 42.5 Å². The number of hydrogen-bond donors (Lipinski definition) is 1. The van der Waals surface area contributed by atoms with E-state index in [0.29, 0.717) is 24.2 Å². The van der Waals surface area contributed by atoms with Gasteiger partial charge in [-0.05, 0) is 12.1 Å². The second kappa shape index (κ2) is 6.40. The van der Waals surface area contributed by atoms with Gasteiger partial charge in [0.05, 0.1) is 12.1 Å². The second-order valence-corrected chi connectivity index (χ2v) is 2.97. The molecule has 1 aromatic rings. The first-order valence-corrected chi connectivity index (χ1v) is 4.84. The van der Waals surface area contributed by atoms with Crippen LogP contribution in [-0.4, -0.2) is 25.3 Å². The molecule has 1 rings (SSSR count). The summed E-state index contributed by atoms with van der Waals surface area (Å²) in [5.41, 5.74) is 0.409. The van der Waals surface area contributed by atoms with Crippen molar-refractivity contribution in [1.82, 2.24) is 5.32 Å². The molecule has 16 heavy (non-hydrogen) atoms. The molecule has 0 aliphatic heterocycles. The minimum atomic E-state index is -0.327. The Hall–Kier alpha value is -2.10. The van der Waals surface area contributed by atoms with E-state index in [1.165, 1.54) is 0 Å². The molecular weight excluding hydrogens is 206 g/mol. The number of carbonyl (C=O) groups excluding carboxylic acids is 2. The first kappa shape index (κ1) is 12.0. The van der Waals surface area contributed by atoms with Crippen LogP contribution in [0.2, 0.25) is 0 Å². The molecule has 0 aromatic heterocycles. The topological polar surface area (TPSA) is 55.4 Å². The molecule has 0 aliphatic carbocycles. The fourth-order valence-electron chi connectivity index (χ4n) is 1.16. The van der Waals surface area contributed by atoms with Crippen molar-refractivity contribution >= 4 is 12.2 Å². The monoisotopic (exact) mass is 219 g/mol. The van der Waals surface area contributed by atoms with Crippen LogP contribution in [0.4, 0.5) is 0 Å². The van der Waals surface area contributed by atoms with Gasteiger partial charge in [-0.2, -0.15) is 0 Å². The van der Waals surface area contributed by atoms with E-state index in [-0.39, 0.29) is 12.5 Å². The Morgan fingerprint density at radius 1 is 1.44 bits per heavy atom. The lowest BCUT2D eigenvalue weighted by atomic mass is 10.2. The van der Waals surface area contributed by atoms with Crippen molar-refractivity contribution < 1.29 is 14.3 Å². The van der Waals surface area contributed by atoms with Gasteiger partial charge in [-0.1, -0.05) is 24.8 Å². The van der Waals surface area contributed by atoms with Crippen LogP contribution < -0.4 is 10.1 Å². The number of carbonyl (C=O) groups is 2. The molecule has 0 spiro atoms. The number of nitrogens with one attached hydrogen (secondary N) is 1. The lowest BCUT2D eigenvalue weighted by Crippen LogP contribution is -2.25. The molecule has 0 saturated carbocycles. The SMILES string of the molecule is C=CCOc1ccccc1C(=O)NCC=O. The lowest BCUT2D eigenvalue weighted by Gasteiger charge is -2.08. The number of aldehydes is 1. The van der Waals surface area contributed by atoms with Gasteiger partial charge in [0.1, 0.15) is 18.6 Å². The van der Waals surface area contributed by atoms with Gasteiger partial charge in [-0.3, -0.25) is 4.79 Å². The van der Waals surface area contributed by atoms with Crippen LogP contribution in [0.5, 0.6) is 5.75 Å². The maximum atomic E-state index is 11.6. The summed E-state index contributed by atoms with van der Waals surface area (Å²) in [6, 6.07) is 6.84. The van der Waals surface area contributed by atoms with Gasteiger partial charge in [-0.25, -0.2) is 0 Å². The third kappa shape index (κ3) is 3.24. The molecule has 1 aromatic carbocycles. The molecule has 4 heteroatoms. The van der Waals surface area contributed by atoms with Crippen molar-refractivity contribution in [2.24, 2.45) is 0 Å². The number of para-hydroxylation sites is 1. The largest absolute Gasteiger partial charge is 0.489 e. The molecule has 0 atom stereocenters. The van der Waals surface area contributed by atoms with Crippen molar-refractivity contribution in [2.45, 2.75) is 0 Å². The predicted octanol–water partition coefficient (Wildman–Crippen LogP) is 1.18. The molecular formula is C12H13NO3. The normalized spacial score (nSPS) is 9.25. The van der Waals surface area contributed by atoms with E-state index in [2.05, 4.69) is 11.9 Å². The predicted molar refractivity (Wildman–Crippen MR) is 60.5 cm³/mol. The van der Waals surface area contributed by atoms with Crippen LogP contribution in [0.3, 0.4) is 0 Å². The Bertz CT molecular complexity index is 388. The van der Waals surface area contributed by atoms with Gasteiger partial charge >= 0.3 is 0 Å². The minimum Gasteiger partial charge on any atom is -0.489 e. The van der Waals surface area contributed by atoms with Crippen molar-refractivity contribution in [2.75, 3.05) is 13.2 Å². The number of ether oxygens (including phenoxy) is 1. The zero-order chi connectivity index (χ0) is 11.8. The van der Waals surface area contributed by atoms with Crippen molar-refractivity contribution in [3.63, 3.8) is 0 Å². The fraction of sp³-hybridized carbons (Fsp3) is 0.167. The molecule has 0 fully saturated rings. The molecule has 1 N–H and O–H groups in total. The Morgan fingerprint density at radius 3 is 2.88 bits per heavy atom. The number of benzene rings is 1. The summed E-state index contributed by atoms with van der Waals surface area (Å²) in [5.74, 6) is 0.151. The van der Waals surface area contributed by atoms with Crippen LogP contribution in [0.1, 0.15) is 10.4 Å². The maximum absolute atomic E-state index is 11.6. The third-order valence-corrected chi connectivity index (χ3v) is 1.83. The highest BCUT2D eigenvalue weighted by molar-refractivity contribution is 5.97. The molecule has 0 heterocycles. The van der Waals surface area contributed by atoms with Crippen LogP contribution in [0.15, 0.2) is 36.9 Å². The highest BCUT2D eigenvalue weighted by atomic mass is 16.5. The summed E-state index contributed by atoms with van der Waals surface area (Å²) >= 11 is 0.